The van der Waals surface area contributed by atoms with Gasteiger partial charge in [-0.25, -0.2) is 0 Å². The van der Waals surface area contributed by atoms with Gasteiger partial charge in [-0.1, -0.05) is 109 Å². The lowest BCUT2D eigenvalue weighted by atomic mass is 9.90. The number of hydrogen-bond donors (Lipinski definition) is 0. The number of nitrogens with zero attached hydrogens (tertiary/aromatic N) is 1. The van der Waals surface area contributed by atoms with Crippen LogP contribution in [0.3, 0.4) is 0 Å². The van der Waals surface area contributed by atoms with Crippen LogP contribution in [0.15, 0.2) is 121 Å². The Morgan fingerprint density at radius 3 is 2.05 bits per heavy atom. The minimum Gasteiger partial charge on any atom is -0.309 e. The minimum absolute atomic E-state index is 1.13. The van der Waals surface area contributed by atoms with Crippen molar-refractivity contribution in [3.63, 3.8) is 0 Å². The van der Waals surface area contributed by atoms with E-state index in [4.69, 9.17) is 0 Å². The molecular formula is C40H25N. The predicted molar refractivity (Wildman–Crippen MR) is 176 cm³/mol. The number of hydrogen-bond acceptors (Lipinski definition) is 0. The molecule has 0 spiro atoms. The molecule has 0 saturated carbocycles. The molecule has 41 heavy (non-hydrogen) atoms. The lowest BCUT2D eigenvalue weighted by molar-refractivity contribution is 1.04. The highest BCUT2D eigenvalue weighted by molar-refractivity contribution is 6.37. The Morgan fingerprint density at radius 1 is 0.463 bits per heavy atom. The van der Waals surface area contributed by atoms with Gasteiger partial charge in [0, 0.05) is 27.2 Å². The normalized spacial score (nSPS) is 13.4. The molecule has 0 bridgehead atoms. The molecule has 1 aromatic heterocycles. The first kappa shape index (κ1) is 21.7. The molecule has 0 N–H and O–H groups in total. The zero-order valence-corrected chi connectivity index (χ0v) is 22.5. The predicted octanol–water partition coefficient (Wildman–Crippen LogP) is 10.00. The van der Waals surface area contributed by atoms with E-state index in [9.17, 15) is 0 Å². The van der Waals surface area contributed by atoms with Crippen molar-refractivity contribution in [1.82, 2.24) is 4.57 Å². The molecule has 1 heteroatoms. The summed E-state index contributed by atoms with van der Waals surface area (Å²) in [5.41, 5.74) is 5.24. The van der Waals surface area contributed by atoms with Gasteiger partial charge in [0.05, 0.1) is 11.0 Å². The number of para-hydroxylation sites is 1. The third kappa shape index (κ3) is 2.76. The SMILES string of the molecule is C1=c2ccc3cc(-n4c5ccccc5c5c6c7ccccc7ccc6c6ccccc6c54)cc4ccc(c2c43)CC1. The van der Waals surface area contributed by atoms with Crippen molar-refractivity contribution in [2.75, 3.05) is 0 Å². The first-order valence-corrected chi connectivity index (χ1v) is 14.6. The van der Waals surface area contributed by atoms with Gasteiger partial charge < -0.3 is 4.57 Å². The Morgan fingerprint density at radius 2 is 1.17 bits per heavy atom. The van der Waals surface area contributed by atoms with Crippen molar-refractivity contribution in [2.24, 2.45) is 0 Å². The van der Waals surface area contributed by atoms with E-state index < -0.39 is 0 Å². The van der Waals surface area contributed by atoms with Crippen LogP contribution in [0.5, 0.6) is 0 Å². The molecule has 0 fully saturated rings. The zero-order chi connectivity index (χ0) is 26.7. The van der Waals surface area contributed by atoms with Crippen molar-refractivity contribution in [2.45, 2.75) is 12.8 Å². The van der Waals surface area contributed by atoms with Crippen LogP contribution in [-0.2, 0) is 6.42 Å². The molecule has 1 aliphatic rings. The van der Waals surface area contributed by atoms with E-state index in [1.165, 1.54) is 92.1 Å². The van der Waals surface area contributed by atoms with Crippen molar-refractivity contribution in [3.05, 3.63) is 132 Å². The zero-order valence-electron chi connectivity index (χ0n) is 22.5. The maximum atomic E-state index is 2.53. The monoisotopic (exact) mass is 519 g/mol. The molecule has 0 unspecified atom stereocenters. The number of fused-ring (bicyclic) bond motifs is 10. The maximum Gasteiger partial charge on any atom is 0.0626 e. The fraction of sp³-hybridized carbons (Fsp3) is 0.0500. The van der Waals surface area contributed by atoms with Crippen LogP contribution in [0.25, 0.3) is 87.4 Å². The highest BCUT2D eigenvalue weighted by atomic mass is 15.0. The Balaban J connectivity index is 1.46. The molecule has 0 atom stereocenters. The summed E-state index contributed by atoms with van der Waals surface area (Å²) in [6, 6.07) is 45.5. The Hall–Kier alpha value is -5.14. The smallest absolute Gasteiger partial charge is 0.0626 e. The van der Waals surface area contributed by atoms with Gasteiger partial charge >= 0.3 is 0 Å². The highest BCUT2D eigenvalue weighted by Crippen LogP contribution is 2.45. The third-order valence-electron chi connectivity index (χ3n) is 9.51. The second kappa shape index (κ2) is 7.74. The number of rotatable bonds is 1. The summed E-state index contributed by atoms with van der Waals surface area (Å²) < 4.78 is 2.53. The van der Waals surface area contributed by atoms with Gasteiger partial charge in [-0.15, -0.1) is 0 Å². The topological polar surface area (TPSA) is 4.93 Å². The quantitative estimate of drug-likeness (QED) is 0.190. The van der Waals surface area contributed by atoms with E-state index in [1.807, 2.05) is 0 Å². The standard InChI is InChI=1S/C40H25N/c1-2-11-30-24(8-1)20-21-32-31-12-3-4-13-33(31)40-39(38(30)32)34-14-5-6-15-35(34)41(40)29-22-27-18-16-25-9-7-10-26-17-19-28(23-29)37(27)36(25)26/h1-6,8-9,11-23H,7,10H2. The molecule has 0 aliphatic heterocycles. The number of aryl methyl sites for hydroxylation is 1. The van der Waals surface area contributed by atoms with Crippen molar-refractivity contribution < 1.29 is 0 Å². The molecule has 9 aromatic rings. The molecule has 0 saturated heterocycles. The van der Waals surface area contributed by atoms with Gasteiger partial charge in [-0.2, -0.15) is 0 Å². The van der Waals surface area contributed by atoms with Gasteiger partial charge in [-0.3, -0.25) is 0 Å². The average Bonchev–Trinajstić information content (AvgIpc) is 3.39. The van der Waals surface area contributed by atoms with Crippen molar-refractivity contribution in [1.29, 1.82) is 0 Å². The summed E-state index contributed by atoms with van der Waals surface area (Å²) in [5.74, 6) is 0. The van der Waals surface area contributed by atoms with Crippen LogP contribution in [0.1, 0.15) is 12.0 Å². The van der Waals surface area contributed by atoms with E-state index in [1.54, 1.807) is 0 Å². The Kier molecular flexibility index (Phi) is 4.09. The molecular weight excluding hydrogens is 494 g/mol. The first-order valence-electron chi connectivity index (χ1n) is 14.6. The van der Waals surface area contributed by atoms with E-state index in [-0.39, 0.29) is 0 Å². The summed E-state index contributed by atoms with van der Waals surface area (Å²) in [6.07, 6.45) is 4.66. The molecule has 1 heterocycles. The van der Waals surface area contributed by atoms with Crippen molar-refractivity contribution >= 4 is 81.7 Å². The number of benzene rings is 8. The maximum absolute atomic E-state index is 2.53. The molecule has 0 radical (unpaired) electrons. The second-order valence-electron chi connectivity index (χ2n) is 11.6. The molecule has 190 valence electrons. The van der Waals surface area contributed by atoms with Crippen LogP contribution >= 0.6 is 0 Å². The molecule has 0 amide bonds. The molecule has 10 rings (SSSR count). The van der Waals surface area contributed by atoms with E-state index >= 15 is 0 Å². The molecule has 1 aliphatic carbocycles. The molecule has 1 nitrogen and oxygen atoms in total. The Labute approximate surface area is 236 Å². The third-order valence-corrected chi connectivity index (χ3v) is 9.51. The van der Waals surface area contributed by atoms with Gasteiger partial charge in [0.25, 0.3) is 0 Å². The van der Waals surface area contributed by atoms with Gasteiger partial charge in [-0.05, 0) is 84.9 Å². The van der Waals surface area contributed by atoms with E-state index in [0.29, 0.717) is 0 Å². The van der Waals surface area contributed by atoms with Crippen LogP contribution < -0.4 is 5.22 Å². The summed E-state index contributed by atoms with van der Waals surface area (Å²) in [6.45, 7) is 0. The molecule has 8 aromatic carbocycles. The fourth-order valence-corrected chi connectivity index (χ4v) is 7.85. The lowest BCUT2D eigenvalue weighted by Crippen LogP contribution is -2.10. The van der Waals surface area contributed by atoms with Gasteiger partial charge in [0.15, 0.2) is 0 Å². The fourth-order valence-electron chi connectivity index (χ4n) is 7.85. The minimum atomic E-state index is 1.13. The van der Waals surface area contributed by atoms with Gasteiger partial charge in [0.2, 0.25) is 0 Å². The van der Waals surface area contributed by atoms with E-state index in [0.717, 1.165) is 12.8 Å². The van der Waals surface area contributed by atoms with Crippen molar-refractivity contribution in [3.8, 4) is 5.69 Å². The van der Waals surface area contributed by atoms with E-state index in [2.05, 4.69) is 132 Å². The van der Waals surface area contributed by atoms with Crippen LogP contribution in [0.4, 0.5) is 0 Å². The summed E-state index contributed by atoms with van der Waals surface area (Å²) in [5, 5.41) is 17.4. The first-order chi connectivity index (χ1) is 20.3. The summed E-state index contributed by atoms with van der Waals surface area (Å²) in [4.78, 5) is 0. The summed E-state index contributed by atoms with van der Waals surface area (Å²) >= 11 is 0. The van der Waals surface area contributed by atoms with Gasteiger partial charge in [0.1, 0.15) is 0 Å². The second-order valence-corrected chi connectivity index (χ2v) is 11.6. The largest absolute Gasteiger partial charge is 0.309 e. The summed E-state index contributed by atoms with van der Waals surface area (Å²) in [7, 11) is 0. The highest BCUT2D eigenvalue weighted by Gasteiger charge is 2.21. The number of aromatic nitrogens is 1. The lowest BCUT2D eigenvalue weighted by Gasteiger charge is -2.17. The van der Waals surface area contributed by atoms with Crippen LogP contribution in [0.2, 0.25) is 0 Å². The van der Waals surface area contributed by atoms with Crippen LogP contribution in [0, 0.1) is 0 Å². The van der Waals surface area contributed by atoms with Crippen LogP contribution in [-0.4, -0.2) is 4.57 Å². The Bertz CT molecular complexity index is 2610. The average molecular weight is 520 g/mol.